The highest BCUT2D eigenvalue weighted by Crippen LogP contribution is 2.25. The monoisotopic (exact) mass is 381 g/mol. The van der Waals surface area contributed by atoms with Crippen LogP contribution in [-0.4, -0.2) is 29.3 Å². The van der Waals surface area contributed by atoms with Gasteiger partial charge in [0.25, 0.3) is 0 Å². The lowest BCUT2D eigenvalue weighted by Crippen LogP contribution is -2.37. The number of alkyl halides is 3. The molecule has 0 spiro atoms. The zero-order valence-corrected chi connectivity index (χ0v) is 15.4. The minimum Gasteiger partial charge on any atom is -0.378 e. The Labute approximate surface area is 158 Å². The van der Waals surface area contributed by atoms with Gasteiger partial charge in [0.2, 0.25) is 0 Å². The van der Waals surface area contributed by atoms with E-state index in [4.69, 9.17) is 0 Å². The molecule has 0 heterocycles. The number of rotatable bonds is 4. The van der Waals surface area contributed by atoms with Gasteiger partial charge in [-0.25, -0.2) is 0 Å². The molecule has 0 radical (unpaired) electrons. The van der Waals surface area contributed by atoms with Crippen molar-refractivity contribution in [3.8, 4) is 11.8 Å². The summed E-state index contributed by atoms with van der Waals surface area (Å²) in [4.78, 5) is 10.8. The molecule has 0 unspecified atom stereocenters. The van der Waals surface area contributed by atoms with Crippen LogP contribution in [0.1, 0.15) is 62.5 Å². The van der Waals surface area contributed by atoms with Crippen LogP contribution in [-0.2, 0) is 11.2 Å². The number of amides is 1. The summed E-state index contributed by atoms with van der Waals surface area (Å²) in [6, 6.07) is 7.45. The molecule has 6 heteroatoms. The number of hydrogen-bond donors (Lipinski definition) is 2. The van der Waals surface area contributed by atoms with Crippen molar-refractivity contribution in [2.45, 2.75) is 69.6 Å². The second-order valence-corrected chi connectivity index (χ2v) is 7.11. The van der Waals surface area contributed by atoms with Crippen LogP contribution in [0.3, 0.4) is 0 Å². The maximum atomic E-state index is 12.1. The van der Waals surface area contributed by atoms with Crippen molar-refractivity contribution in [2.75, 3.05) is 6.54 Å². The van der Waals surface area contributed by atoms with Gasteiger partial charge >= 0.3 is 12.1 Å². The summed E-state index contributed by atoms with van der Waals surface area (Å²) in [5, 5.41) is 12.6. The first-order chi connectivity index (χ1) is 12.8. The van der Waals surface area contributed by atoms with Gasteiger partial charge < -0.3 is 10.4 Å². The van der Waals surface area contributed by atoms with Crippen molar-refractivity contribution in [1.82, 2.24) is 5.32 Å². The first kappa shape index (κ1) is 21.3. The fourth-order valence-corrected chi connectivity index (χ4v) is 3.20. The van der Waals surface area contributed by atoms with Crippen LogP contribution < -0.4 is 5.32 Å². The predicted molar refractivity (Wildman–Crippen MR) is 98.0 cm³/mol. The van der Waals surface area contributed by atoms with E-state index in [-0.39, 0.29) is 6.54 Å². The van der Waals surface area contributed by atoms with Crippen molar-refractivity contribution in [3.63, 3.8) is 0 Å². The topological polar surface area (TPSA) is 49.3 Å². The highest BCUT2D eigenvalue weighted by molar-refractivity contribution is 5.81. The van der Waals surface area contributed by atoms with Crippen LogP contribution in [0.25, 0.3) is 0 Å². The van der Waals surface area contributed by atoms with Gasteiger partial charge in [-0.2, -0.15) is 13.2 Å². The molecule has 0 aliphatic heterocycles. The maximum Gasteiger partial charge on any atom is 0.471 e. The van der Waals surface area contributed by atoms with Gasteiger partial charge in [0.05, 0.1) is 0 Å². The van der Waals surface area contributed by atoms with Gasteiger partial charge in [-0.3, -0.25) is 4.79 Å². The third kappa shape index (κ3) is 7.64. The van der Waals surface area contributed by atoms with Crippen molar-refractivity contribution in [3.05, 3.63) is 35.4 Å². The molecule has 27 heavy (non-hydrogen) atoms. The second kappa shape index (κ2) is 9.80. The number of aryl methyl sites for hydroxylation is 1. The molecule has 1 amide bonds. The van der Waals surface area contributed by atoms with E-state index in [2.05, 4.69) is 11.8 Å². The molecule has 3 nitrogen and oxygen atoms in total. The SMILES string of the molecule is O=C(NCCCc1cccc(C#CC2(O)CCCCCCC2)c1)C(F)(F)F. The van der Waals surface area contributed by atoms with E-state index in [0.717, 1.165) is 36.8 Å². The predicted octanol–water partition coefficient (Wildman–Crippen LogP) is 4.12. The highest BCUT2D eigenvalue weighted by atomic mass is 19.4. The fraction of sp³-hybridized carbons (Fsp3) is 0.571. The number of benzene rings is 1. The zero-order valence-electron chi connectivity index (χ0n) is 15.4. The summed E-state index contributed by atoms with van der Waals surface area (Å²) < 4.78 is 36.4. The number of aliphatic hydroxyl groups is 1. The lowest BCUT2D eigenvalue weighted by molar-refractivity contribution is -0.173. The van der Waals surface area contributed by atoms with E-state index in [0.29, 0.717) is 25.7 Å². The Kier molecular flexibility index (Phi) is 7.73. The van der Waals surface area contributed by atoms with Crippen LogP contribution in [0, 0.1) is 11.8 Å². The molecule has 2 rings (SSSR count). The van der Waals surface area contributed by atoms with E-state index in [9.17, 15) is 23.1 Å². The zero-order chi connectivity index (χ0) is 19.8. The van der Waals surface area contributed by atoms with Crippen LogP contribution in [0.5, 0.6) is 0 Å². The highest BCUT2D eigenvalue weighted by Gasteiger charge is 2.38. The molecule has 0 atom stereocenters. The van der Waals surface area contributed by atoms with Gasteiger partial charge in [0, 0.05) is 12.1 Å². The van der Waals surface area contributed by atoms with Crippen LogP contribution in [0.15, 0.2) is 24.3 Å². The quantitative estimate of drug-likeness (QED) is 0.609. The summed E-state index contributed by atoms with van der Waals surface area (Å²) >= 11 is 0. The van der Waals surface area contributed by atoms with Crippen LogP contribution >= 0.6 is 0 Å². The Morgan fingerprint density at radius 1 is 1.15 bits per heavy atom. The molecule has 1 aliphatic rings. The molecular weight excluding hydrogens is 355 g/mol. The molecule has 0 bridgehead atoms. The normalized spacial score (nSPS) is 17.2. The summed E-state index contributed by atoms with van der Waals surface area (Å²) in [7, 11) is 0. The number of carbonyl (C=O) groups excluding carboxylic acids is 1. The molecule has 148 valence electrons. The summed E-state index contributed by atoms with van der Waals surface area (Å²) in [6.45, 7) is -0.0337. The summed E-state index contributed by atoms with van der Waals surface area (Å²) in [6.07, 6.45) is 2.93. The van der Waals surface area contributed by atoms with E-state index in [1.165, 1.54) is 6.42 Å². The molecule has 1 fully saturated rings. The van der Waals surface area contributed by atoms with E-state index < -0.39 is 17.7 Å². The number of carbonyl (C=O) groups is 1. The molecular formula is C21H26F3NO2. The Morgan fingerprint density at radius 3 is 2.48 bits per heavy atom. The first-order valence-corrected chi connectivity index (χ1v) is 9.48. The van der Waals surface area contributed by atoms with Gasteiger partial charge in [-0.05, 0) is 56.2 Å². The number of halogens is 3. The lowest BCUT2D eigenvalue weighted by Gasteiger charge is -2.24. The third-order valence-electron chi connectivity index (χ3n) is 4.73. The molecule has 1 aromatic carbocycles. The number of hydrogen-bond acceptors (Lipinski definition) is 2. The molecule has 1 saturated carbocycles. The smallest absolute Gasteiger partial charge is 0.378 e. The minimum absolute atomic E-state index is 0.0337. The van der Waals surface area contributed by atoms with Crippen molar-refractivity contribution in [1.29, 1.82) is 0 Å². The van der Waals surface area contributed by atoms with Crippen molar-refractivity contribution >= 4 is 5.91 Å². The number of nitrogens with one attached hydrogen (secondary N) is 1. The Hall–Kier alpha value is -2.00. The third-order valence-corrected chi connectivity index (χ3v) is 4.73. The molecule has 0 aromatic heterocycles. The molecule has 0 saturated heterocycles. The van der Waals surface area contributed by atoms with E-state index in [1.807, 2.05) is 29.6 Å². The first-order valence-electron chi connectivity index (χ1n) is 9.48. The van der Waals surface area contributed by atoms with Crippen LogP contribution in [0.2, 0.25) is 0 Å². The average Bonchev–Trinajstić information content (AvgIpc) is 2.60. The van der Waals surface area contributed by atoms with E-state index >= 15 is 0 Å². The average molecular weight is 381 g/mol. The van der Waals surface area contributed by atoms with E-state index in [1.54, 1.807) is 0 Å². The lowest BCUT2D eigenvalue weighted by atomic mass is 9.87. The van der Waals surface area contributed by atoms with Gasteiger partial charge in [0.15, 0.2) is 0 Å². The molecule has 2 N–H and O–H groups in total. The second-order valence-electron chi connectivity index (χ2n) is 7.11. The Morgan fingerprint density at radius 2 is 1.81 bits per heavy atom. The van der Waals surface area contributed by atoms with Gasteiger partial charge in [0.1, 0.15) is 5.60 Å². The van der Waals surface area contributed by atoms with Crippen molar-refractivity contribution < 1.29 is 23.1 Å². The van der Waals surface area contributed by atoms with Crippen LogP contribution in [0.4, 0.5) is 13.2 Å². The van der Waals surface area contributed by atoms with Gasteiger partial charge in [-0.15, -0.1) is 0 Å². The summed E-state index contributed by atoms with van der Waals surface area (Å²) in [5.41, 5.74) is 0.785. The standard InChI is InChI=1S/C21H26F3NO2/c22-21(23,24)19(26)25-15-7-10-17-8-6-9-18(16-17)11-14-20(27)12-4-2-1-3-5-13-20/h6,8-9,16,27H,1-5,7,10,12-13,15H2,(H,25,26). The molecule has 1 aliphatic carbocycles. The fourth-order valence-electron chi connectivity index (χ4n) is 3.20. The summed E-state index contributed by atoms with van der Waals surface area (Å²) in [5.74, 6) is 4.18. The largest absolute Gasteiger partial charge is 0.471 e. The molecule has 1 aromatic rings. The Bertz CT molecular complexity index is 681. The Balaban J connectivity index is 1.89. The van der Waals surface area contributed by atoms with Crippen molar-refractivity contribution in [2.24, 2.45) is 0 Å². The maximum absolute atomic E-state index is 12.1. The van der Waals surface area contributed by atoms with Gasteiger partial charge in [-0.1, -0.05) is 43.2 Å². The minimum atomic E-state index is -4.84.